The Labute approximate surface area is 170 Å². The molecule has 0 atom stereocenters. The van der Waals surface area contributed by atoms with Gasteiger partial charge in [0.25, 0.3) is 0 Å². The molecule has 0 heterocycles. The zero-order valence-electron chi connectivity index (χ0n) is 16.1. The molecule has 0 radical (unpaired) electrons. The summed E-state index contributed by atoms with van der Waals surface area (Å²) >= 11 is 6.30. The maximum absolute atomic E-state index is 12.6. The summed E-state index contributed by atoms with van der Waals surface area (Å²) in [6, 6.07) is 21.6. The highest BCUT2D eigenvalue weighted by atomic mass is 35.5. The minimum Gasteiger partial charge on any atom is -0.422 e. The van der Waals surface area contributed by atoms with Crippen LogP contribution in [0.5, 0.6) is 5.75 Å². The molecule has 0 aliphatic carbocycles. The summed E-state index contributed by atoms with van der Waals surface area (Å²) in [7, 11) is 0. The second-order valence-electron chi connectivity index (χ2n) is 7.57. The van der Waals surface area contributed by atoms with E-state index in [0.29, 0.717) is 27.5 Å². The Hall–Kier alpha value is -2.91. The van der Waals surface area contributed by atoms with Crippen LogP contribution in [0, 0.1) is 5.41 Å². The summed E-state index contributed by atoms with van der Waals surface area (Å²) in [5.74, 6) is -0.121. The molecular weight excluding hydrogens is 370 g/mol. The maximum atomic E-state index is 12.6. The first-order valence-electron chi connectivity index (χ1n) is 9.03. The van der Waals surface area contributed by atoms with Gasteiger partial charge in [-0.2, -0.15) is 0 Å². The van der Waals surface area contributed by atoms with Crippen LogP contribution < -0.4 is 4.74 Å². The Kier molecular flexibility index (Phi) is 5.66. The van der Waals surface area contributed by atoms with Gasteiger partial charge in [0.2, 0.25) is 0 Å². The molecule has 0 unspecified atom stereocenters. The maximum Gasteiger partial charge on any atom is 0.343 e. The fourth-order valence-corrected chi connectivity index (χ4v) is 3.05. The molecule has 0 saturated carbocycles. The van der Waals surface area contributed by atoms with Crippen molar-refractivity contribution in [2.45, 2.75) is 26.2 Å². The molecular formula is C24H22ClNO2. The highest BCUT2D eigenvalue weighted by molar-refractivity contribution is 6.35. The van der Waals surface area contributed by atoms with E-state index in [-0.39, 0.29) is 11.1 Å². The first-order valence-corrected chi connectivity index (χ1v) is 9.41. The SMILES string of the molecule is CC(C)(C)c1ccc(OC(=O)c2ccccc2)c(C(=N)c2ccccc2Cl)c1. The molecule has 0 spiro atoms. The van der Waals surface area contributed by atoms with Crippen LogP contribution in [0.2, 0.25) is 5.02 Å². The number of hydrogen-bond acceptors (Lipinski definition) is 3. The van der Waals surface area contributed by atoms with Crippen molar-refractivity contribution in [2.24, 2.45) is 0 Å². The zero-order valence-corrected chi connectivity index (χ0v) is 16.9. The van der Waals surface area contributed by atoms with Gasteiger partial charge in [0.15, 0.2) is 0 Å². The summed E-state index contributed by atoms with van der Waals surface area (Å²) in [6.07, 6.45) is 0. The largest absolute Gasteiger partial charge is 0.422 e. The zero-order chi connectivity index (χ0) is 20.3. The first kappa shape index (κ1) is 19.8. The van der Waals surface area contributed by atoms with E-state index in [1.54, 1.807) is 42.5 Å². The number of halogens is 1. The van der Waals surface area contributed by atoms with Crippen molar-refractivity contribution in [1.82, 2.24) is 0 Å². The summed E-state index contributed by atoms with van der Waals surface area (Å²) in [5, 5.41) is 9.21. The quantitative estimate of drug-likeness (QED) is 0.323. The van der Waals surface area contributed by atoms with Crippen molar-refractivity contribution >= 4 is 23.3 Å². The molecule has 3 nitrogen and oxygen atoms in total. The number of nitrogens with one attached hydrogen (secondary N) is 1. The Balaban J connectivity index is 2.06. The van der Waals surface area contributed by atoms with Crippen LogP contribution >= 0.6 is 11.6 Å². The molecule has 3 aromatic rings. The van der Waals surface area contributed by atoms with Gasteiger partial charge in [0.1, 0.15) is 5.75 Å². The summed E-state index contributed by atoms with van der Waals surface area (Å²) in [6.45, 7) is 6.29. The van der Waals surface area contributed by atoms with Crippen LogP contribution in [0.4, 0.5) is 0 Å². The van der Waals surface area contributed by atoms with Gasteiger partial charge in [-0.15, -0.1) is 0 Å². The smallest absolute Gasteiger partial charge is 0.343 e. The van der Waals surface area contributed by atoms with E-state index in [1.807, 2.05) is 30.3 Å². The molecule has 1 N–H and O–H groups in total. The van der Waals surface area contributed by atoms with Crippen molar-refractivity contribution in [2.75, 3.05) is 0 Å². The highest BCUT2D eigenvalue weighted by Gasteiger charge is 2.21. The number of esters is 1. The second-order valence-corrected chi connectivity index (χ2v) is 7.98. The van der Waals surface area contributed by atoms with Gasteiger partial charge < -0.3 is 4.74 Å². The summed E-state index contributed by atoms with van der Waals surface area (Å²) in [5.41, 5.74) is 2.72. The lowest BCUT2D eigenvalue weighted by molar-refractivity contribution is 0.0734. The molecule has 0 aromatic heterocycles. The van der Waals surface area contributed by atoms with Crippen molar-refractivity contribution in [3.8, 4) is 5.75 Å². The van der Waals surface area contributed by atoms with Gasteiger partial charge >= 0.3 is 5.97 Å². The Morgan fingerprint density at radius 3 is 2.18 bits per heavy atom. The van der Waals surface area contributed by atoms with Crippen LogP contribution in [0.3, 0.4) is 0 Å². The van der Waals surface area contributed by atoms with E-state index in [1.165, 1.54) is 0 Å². The minimum absolute atomic E-state index is 0.114. The van der Waals surface area contributed by atoms with Gasteiger partial charge in [-0.3, -0.25) is 5.41 Å². The molecule has 0 saturated heterocycles. The van der Waals surface area contributed by atoms with E-state index in [4.69, 9.17) is 21.7 Å². The van der Waals surface area contributed by atoms with E-state index >= 15 is 0 Å². The lowest BCUT2D eigenvalue weighted by atomic mass is 9.85. The summed E-state index contributed by atoms with van der Waals surface area (Å²) < 4.78 is 5.66. The minimum atomic E-state index is -0.461. The molecule has 0 aliphatic rings. The van der Waals surface area contributed by atoms with E-state index in [9.17, 15) is 4.79 Å². The number of carbonyl (C=O) groups excluding carboxylic acids is 1. The number of hydrogen-bond donors (Lipinski definition) is 1. The van der Waals surface area contributed by atoms with Crippen molar-refractivity contribution < 1.29 is 9.53 Å². The molecule has 0 bridgehead atoms. The first-order chi connectivity index (χ1) is 13.3. The molecule has 0 amide bonds. The number of rotatable bonds is 4. The number of benzene rings is 3. The highest BCUT2D eigenvalue weighted by Crippen LogP contribution is 2.31. The molecule has 142 valence electrons. The van der Waals surface area contributed by atoms with Gasteiger partial charge in [0.05, 0.1) is 11.3 Å². The predicted octanol–water partition coefficient (Wildman–Crippen LogP) is 6.27. The van der Waals surface area contributed by atoms with Crippen LogP contribution in [-0.4, -0.2) is 11.7 Å². The van der Waals surface area contributed by atoms with E-state index < -0.39 is 5.97 Å². The standard InChI is InChI=1S/C24H22ClNO2/c1-24(2,3)17-13-14-21(28-23(27)16-9-5-4-6-10-16)19(15-17)22(26)18-11-7-8-12-20(18)25/h4-15,26H,1-3H3. The van der Waals surface area contributed by atoms with Crippen LogP contribution in [0.15, 0.2) is 72.8 Å². The van der Waals surface area contributed by atoms with Crippen LogP contribution in [0.25, 0.3) is 0 Å². The average Bonchev–Trinajstić information content (AvgIpc) is 2.68. The summed E-state index contributed by atoms with van der Waals surface area (Å²) in [4.78, 5) is 12.6. The third kappa shape index (κ3) is 4.32. The molecule has 3 aromatic carbocycles. The number of ether oxygens (including phenoxy) is 1. The lowest BCUT2D eigenvalue weighted by Crippen LogP contribution is -2.16. The van der Waals surface area contributed by atoms with Crippen LogP contribution in [0.1, 0.15) is 47.8 Å². The fourth-order valence-electron chi connectivity index (χ4n) is 2.82. The van der Waals surface area contributed by atoms with Gasteiger partial charge in [0, 0.05) is 16.1 Å². The van der Waals surface area contributed by atoms with Gasteiger partial charge in [-0.05, 0) is 41.3 Å². The lowest BCUT2D eigenvalue weighted by Gasteiger charge is -2.21. The third-order valence-corrected chi connectivity index (χ3v) is 4.80. The van der Waals surface area contributed by atoms with E-state index in [0.717, 1.165) is 5.56 Å². The Morgan fingerprint density at radius 2 is 1.54 bits per heavy atom. The van der Waals surface area contributed by atoms with Gasteiger partial charge in [-0.25, -0.2) is 4.79 Å². The van der Waals surface area contributed by atoms with E-state index in [2.05, 4.69) is 20.8 Å². The van der Waals surface area contributed by atoms with Crippen molar-refractivity contribution in [3.05, 3.63) is 100 Å². The Bertz CT molecular complexity index is 1020. The molecule has 0 fully saturated rings. The fraction of sp³-hybridized carbons (Fsp3) is 0.167. The number of carbonyl (C=O) groups is 1. The third-order valence-electron chi connectivity index (χ3n) is 4.47. The monoisotopic (exact) mass is 391 g/mol. The van der Waals surface area contributed by atoms with Crippen molar-refractivity contribution in [3.63, 3.8) is 0 Å². The molecule has 3 rings (SSSR count). The second kappa shape index (κ2) is 7.99. The topological polar surface area (TPSA) is 50.2 Å². The van der Waals surface area contributed by atoms with Gasteiger partial charge in [-0.1, -0.05) is 74.8 Å². The Morgan fingerprint density at radius 1 is 0.893 bits per heavy atom. The van der Waals surface area contributed by atoms with Crippen LogP contribution in [-0.2, 0) is 5.41 Å². The predicted molar refractivity (Wildman–Crippen MR) is 114 cm³/mol. The molecule has 28 heavy (non-hydrogen) atoms. The van der Waals surface area contributed by atoms with Crippen molar-refractivity contribution in [1.29, 1.82) is 5.41 Å². The molecule has 0 aliphatic heterocycles. The molecule has 4 heteroatoms. The normalized spacial score (nSPS) is 11.1. The average molecular weight is 392 g/mol.